The molecule has 0 aliphatic rings. The van der Waals surface area contributed by atoms with Crippen molar-refractivity contribution in [2.45, 2.75) is 26.2 Å². The first-order valence-corrected chi connectivity index (χ1v) is 7.99. The van der Waals surface area contributed by atoms with Crippen molar-refractivity contribution < 1.29 is 9.53 Å². The van der Waals surface area contributed by atoms with Crippen LogP contribution in [0.3, 0.4) is 0 Å². The second-order valence-electron chi connectivity index (χ2n) is 4.96. The van der Waals surface area contributed by atoms with Gasteiger partial charge in [0.05, 0.1) is 6.61 Å². The Morgan fingerprint density at radius 1 is 1.14 bits per heavy atom. The van der Waals surface area contributed by atoms with Gasteiger partial charge >= 0.3 is 0 Å². The summed E-state index contributed by atoms with van der Waals surface area (Å²) in [7, 11) is 0. The monoisotopic (exact) mass is 346 g/mol. The van der Waals surface area contributed by atoms with Crippen LogP contribution in [0.15, 0.2) is 53.0 Å². The third kappa shape index (κ3) is 5.01. The third-order valence-electron chi connectivity index (χ3n) is 3.20. The second kappa shape index (κ2) is 7.99. The lowest BCUT2D eigenvalue weighted by Gasteiger charge is -2.06. The van der Waals surface area contributed by atoms with Gasteiger partial charge in [-0.05, 0) is 48.4 Å². The summed E-state index contributed by atoms with van der Waals surface area (Å²) in [5.41, 5.74) is 1.73. The third-order valence-corrected chi connectivity index (χ3v) is 3.69. The molecule has 0 aliphatic heterocycles. The maximum atomic E-state index is 12.2. The molecule has 2 aromatic rings. The number of carbonyl (C=O) groups is 1. The number of ketones is 1. The normalized spacial score (nSPS) is 10.4. The molecule has 2 aromatic carbocycles. The molecular weight excluding hydrogens is 328 g/mol. The van der Waals surface area contributed by atoms with E-state index in [4.69, 9.17) is 4.74 Å². The highest BCUT2D eigenvalue weighted by Crippen LogP contribution is 2.16. The van der Waals surface area contributed by atoms with Gasteiger partial charge in [0.2, 0.25) is 0 Å². The Morgan fingerprint density at radius 2 is 1.90 bits per heavy atom. The van der Waals surface area contributed by atoms with Gasteiger partial charge in [0.25, 0.3) is 0 Å². The van der Waals surface area contributed by atoms with Gasteiger partial charge in [0.1, 0.15) is 5.75 Å². The lowest BCUT2D eigenvalue weighted by molar-refractivity contribution is 0.0993. The summed E-state index contributed by atoms with van der Waals surface area (Å²) in [5.74, 6) is 0.940. The summed E-state index contributed by atoms with van der Waals surface area (Å²) in [5, 5.41) is 0. The van der Waals surface area contributed by atoms with Crippen LogP contribution in [0.25, 0.3) is 0 Å². The molecule has 0 unspecified atom stereocenters. The van der Waals surface area contributed by atoms with Crippen LogP contribution in [-0.4, -0.2) is 12.4 Å². The van der Waals surface area contributed by atoms with E-state index in [1.165, 1.54) is 0 Å². The molecule has 0 saturated carbocycles. The smallest absolute Gasteiger partial charge is 0.167 e. The van der Waals surface area contributed by atoms with Crippen molar-refractivity contribution >= 4 is 21.7 Å². The Bertz CT molecular complexity index is 590. The van der Waals surface area contributed by atoms with E-state index in [1.54, 1.807) is 0 Å². The van der Waals surface area contributed by atoms with E-state index >= 15 is 0 Å². The number of benzene rings is 2. The van der Waals surface area contributed by atoms with E-state index in [0.29, 0.717) is 6.42 Å². The van der Waals surface area contributed by atoms with Crippen molar-refractivity contribution in [2.75, 3.05) is 6.61 Å². The predicted octanol–water partition coefficient (Wildman–Crippen LogP) is 5.05. The maximum absolute atomic E-state index is 12.2. The Labute approximate surface area is 134 Å². The zero-order chi connectivity index (χ0) is 15.1. The van der Waals surface area contributed by atoms with E-state index in [2.05, 4.69) is 22.9 Å². The summed E-state index contributed by atoms with van der Waals surface area (Å²) in [6, 6.07) is 15.2. The molecule has 21 heavy (non-hydrogen) atoms. The zero-order valence-corrected chi connectivity index (χ0v) is 13.7. The molecule has 0 N–H and O–H groups in total. The van der Waals surface area contributed by atoms with Crippen LogP contribution in [0, 0.1) is 0 Å². The molecule has 0 bridgehead atoms. The number of unbranched alkanes of at least 4 members (excludes halogenated alkanes) is 1. The molecule has 0 heterocycles. The number of halogens is 1. The van der Waals surface area contributed by atoms with Crippen LogP contribution >= 0.6 is 15.9 Å². The molecule has 2 rings (SSSR count). The Kier molecular flexibility index (Phi) is 6.00. The van der Waals surface area contributed by atoms with Crippen LogP contribution < -0.4 is 4.74 Å². The van der Waals surface area contributed by atoms with Crippen LogP contribution in [0.5, 0.6) is 5.75 Å². The van der Waals surface area contributed by atoms with Gasteiger partial charge < -0.3 is 4.74 Å². The zero-order valence-electron chi connectivity index (χ0n) is 12.1. The molecule has 3 heteroatoms. The molecule has 0 fully saturated rings. The Morgan fingerprint density at radius 3 is 2.57 bits per heavy atom. The summed E-state index contributed by atoms with van der Waals surface area (Å²) >= 11 is 3.42. The van der Waals surface area contributed by atoms with Crippen molar-refractivity contribution in [2.24, 2.45) is 0 Å². The number of carbonyl (C=O) groups excluding carboxylic acids is 1. The molecule has 0 amide bonds. The highest BCUT2D eigenvalue weighted by molar-refractivity contribution is 9.10. The van der Waals surface area contributed by atoms with Gasteiger partial charge in [-0.2, -0.15) is 0 Å². The fourth-order valence-corrected chi connectivity index (χ4v) is 2.45. The van der Waals surface area contributed by atoms with Crippen LogP contribution in [-0.2, 0) is 6.42 Å². The molecule has 0 saturated heterocycles. The standard InChI is InChI=1S/C18H19BrO2/c1-2-3-11-21-17-9-7-15(8-10-17)18(20)13-14-5-4-6-16(19)12-14/h4-10,12H,2-3,11,13H2,1H3. The lowest BCUT2D eigenvalue weighted by atomic mass is 10.0. The first-order valence-electron chi connectivity index (χ1n) is 7.19. The average Bonchev–Trinajstić information content (AvgIpc) is 2.48. The summed E-state index contributed by atoms with van der Waals surface area (Å²) in [4.78, 5) is 12.2. The molecular formula is C18H19BrO2. The van der Waals surface area contributed by atoms with Gasteiger partial charge in [0.15, 0.2) is 5.78 Å². The van der Waals surface area contributed by atoms with Crippen molar-refractivity contribution in [3.63, 3.8) is 0 Å². The first-order chi connectivity index (χ1) is 10.2. The number of hydrogen-bond acceptors (Lipinski definition) is 2. The molecule has 0 aliphatic carbocycles. The molecule has 2 nitrogen and oxygen atoms in total. The van der Waals surface area contributed by atoms with Gasteiger partial charge in [-0.25, -0.2) is 0 Å². The minimum atomic E-state index is 0.119. The van der Waals surface area contributed by atoms with E-state index in [0.717, 1.165) is 40.8 Å². The van der Waals surface area contributed by atoms with Crippen molar-refractivity contribution in [3.8, 4) is 5.75 Å². The second-order valence-corrected chi connectivity index (χ2v) is 5.87. The molecule has 110 valence electrons. The molecule has 0 radical (unpaired) electrons. The number of rotatable bonds is 7. The summed E-state index contributed by atoms with van der Waals surface area (Å²) in [6.45, 7) is 2.86. The largest absolute Gasteiger partial charge is 0.494 e. The Balaban J connectivity index is 1.96. The topological polar surface area (TPSA) is 26.3 Å². The van der Waals surface area contributed by atoms with Gasteiger partial charge in [-0.3, -0.25) is 4.79 Å². The fourth-order valence-electron chi connectivity index (χ4n) is 2.01. The number of ether oxygens (including phenoxy) is 1. The van der Waals surface area contributed by atoms with Crippen LogP contribution in [0.1, 0.15) is 35.7 Å². The van der Waals surface area contributed by atoms with E-state index < -0.39 is 0 Å². The van der Waals surface area contributed by atoms with Gasteiger partial charge in [-0.1, -0.05) is 41.4 Å². The highest BCUT2D eigenvalue weighted by Gasteiger charge is 2.07. The summed E-state index contributed by atoms with van der Waals surface area (Å²) < 4.78 is 6.59. The first kappa shape index (κ1) is 15.8. The predicted molar refractivity (Wildman–Crippen MR) is 89.0 cm³/mol. The average molecular weight is 347 g/mol. The van der Waals surface area contributed by atoms with E-state index in [9.17, 15) is 4.79 Å². The summed E-state index contributed by atoms with van der Waals surface area (Å²) in [6.07, 6.45) is 2.57. The molecule has 0 aromatic heterocycles. The Hall–Kier alpha value is -1.61. The molecule has 0 atom stereocenters. The minimum Gasteiger partial charge on any atom is -0.494 e. The van der Waals surface area contributed by atoms with Crippen molar-refractivity contribution in [1.29, 1.82) is 0 Å². The van der Waals surface area contributed by atoms with Crippen LogP contribution in [0.2, 0.25) is 0 Å². The van der Waals surface area contributed by atoms with Crippen molar-refractivity contribution in [1.82, 2.24) is 0 Å². The van der Waals surface area contributed by atoms with Crippen molar-refractivity contribution in [3.05, 3.63) is 64.1 Å². The number of hydrogen-bond donors (Lipinski definition) is 0. The quantitative estimate of drug-likeness (QED) is 0.517. The molecule has 0 spiro atoms. The number of Topliss-reactive ketones (excluding diaryl/α,β-unsaturated/α-hetero) is 1. The SMILES string of the molecule is CCCCOc1ccc(C(=O)Cc2cccc(Br)c2)cc1. The maximum Gasteiger partial charge on any atom is 0.167 e. The highest BCUT2D eigenvalue weighted by atomic mass is 79.9. The minimum absolute atomic E-state index is 0.119. The van der Waals surface area contributed by atoms with Gasteiger partial charge in [0, 0.05) is 16.5 Å². The van der Waals surface area contributed by atoms with Crippen LogP contribution in [0.4, 0.5) is 0 Å². The fraction of sp³-hybridized carbons (Fsp3) is 0.278. The van der Waals surface area contributed by atoms with E-state index in [-0.39, 0.29) is 5.78 Å². The lowest BCUT2D eigenvalue weighted by Crippen LogP contribution is -2.04. The van der Waals surface area contributed by atoms with Gasteiger partial charge in [-0.15, -0.1) is 0 Å². The van der Waals surface area contributed by atoms with E-state index in [1.807, 2.05) is 48.5 Å².